The standard InChI is InChI=1S/C16H12ClNO3/c1-20-10-11-2-5-13(6-3-11)16(19)21-15-7-4-12(9-18)8-14(15)17/h2-8H,10H2,1H3. The van der Waals surface area contributed by atoms with E-state index in [0.717, 1.165) is 5.56 Å². The second-order valence-electron chi connectivity index (χ2n) is 4.28. The van der Waals surface area contributed by atoms with Gasteiger partial charge in [0.25, 0.3) is 0 Å². The van der Waals surface area contributed by atoms with Gasteiger partial charge in [-0.05, 0) is 35.9 Å². The summed E-state index contributed by atoms with van der Waals surface area (Å²) in [5, 5.41) is 8.98. The number of nitriles is 1. The number of carbonyl (C=O) groups is 1. The number of rotatable bonds is 4. The molecule has 0 heterocycles. The van der Waals surface area contributed by atoms with Crippen molar-refractivity contribution in [2.75, 3.05) is 7.11 Å². The lowest BCUT2D eigenvalue weighted by molar-refractivity contribution is 0.0734. The number of hydrogen-bond donors (Lipinski definition) is 0. The van der Waals surface area contributed by atoms with Crippen LogP contribution in [0.4, 0.5) is 0 Å². The van der Waals surface area contributed by atoms with Crippen LogP contribution in [0.1, 0.15) is 21.5 Å². The van der Waals surface area contributed by atoms with Gasteiger partial charge in [0.05, 0.1) is 28.8 Å². The summed E-state index contributed by atoms with van der Waals surface area (Å²) < 4.78 is 10.2. The van der Waals surface area contributed by atoms with Crippen LogP contribution in [0.3, 0.4) is 0 Å². The minimum Gasteiger partial charge on any atom is -0.421 e. The average molecular weight is 302 g/mol. The van der Waals surface area contributed by atoms with E-state index in [4.69, 9.17) is 26.3 Å². The highest BCUT2D eigenvalue weighted by Gasteiger charge is 2.11. The third-order valence-corrected chi connectivity index (χ3v) is 3.06. The number of hydrogen-bond acceptors (Lipinski definition) is 4. The van der Waals surface area contributed by atoms with Gasteiger partial charge >= 0.3 is 5.97 Å². The maximum atomic E-state index is 12.0. The van der Waals surface area contributed by atoms with E-state index in [9.17, 15) is 4.79 Å². The van der Waals surface area contributed by atoms with E-state index in [-0.39, 0.29) is 10.8 Å². The lowest BCUT2D eigenvalue weighted by Gasteiger charge is -2.07. The quantitative estimate of drug-likeness (QED) is 0.640. The van der Waals surface area contributed by atoms with E-state index in [1.165, 1.54) is 18.2 Å². The number of nitrogens with zero attached hydrogens (tertiary/aromatic N) is 1. The molecule has 0 aliphatic carbocycles. The fourth-order valence-corrected chi connectivity index (χ4v) is 1.93. The summed E-state index contributed by atoms with van der Waals surface area (Å²) in [5.41, 5.74) is 1.78. The lowest BCUT2D eigenvalue weighted by atomic mass is 10.1. The van der Waals surface area contributed by atoms with E-state index in [1.807, 2.05) is 6.07 Å². The fraction of sp³-hybridized carbons (Fsp3) is 0.125. The van der Waals surface area contributed by atoms with Crippen molar-refractivity contribution in [3.8, 4) is 11.8 Å². The van der Waals surface area contributed by atoms with Gasteiger partial charge in [0.1, 0.15) is 5.75 Å². The van der Waals surface area contributed by atoms with Crippen molar-refractivity contribution in [3.63, 3.8) is 0 Å². The molecule has 0 saturated heterocycles. The van der Waals surface area contributed by atoms with Gasteiger partial charge in [0.15, 0.2) is 0 Å². The Kier molecular flexibility index (Phi) is 4.94. The summed E-state index contributed by atoms with van der Waals surface area (Å²) in [6.45, 7) is 0.483. The summed E-state index contributed by atoms with van der Waals surface area (Å²) in [4.78, 5) is 12.0. The molecule has 0 aromatic heterocycles. The zero-order valence-corrected chi connectivity index (χ0v) is 12.1. The molecule has 0 unspecified atom stereocenters. The molecule has 0 atom stereocenters. The van der Waals surface area contributed by atoms with E-state index >= 15 is 0 Å². The van der Waals surface area contributed by atoms with Crippen LogP contribution >= 0.6 is 11.6 Å². The zero-order chi connectivity index (χ0) is 15.2. The first-order valence-corrected chi connectivity index (χ1v) is 6.51. The van der Waals surface area contributed by atoms with Gasteiger partial charge in [-0.25, -0.2) is 4.79 Å². The van der Waals surface area contributed by atoms with Gasteiger partial charge in [-0.2, -0.15) is 5.26 Å². The number of halogens is 1. The minimum atomic E-state index is -0.509. The van der Waals surface area contributed by atoms with Gasteiger partial charge in [-0.15, -0.1) is 0 Å². The molecule has 0 aliphatic heterocycles. The molecule has 0 fully saturated rings. The van der Waals surface area contributed by atoms with Gasteiger partial charge in [0.2, 0.25) is 0 Å². The molecule has 0 amide bonds. The SMILES string of the molecule is COCc1ccc(C(=O)Oc2ccc(C#N)cc2Cl)cc1. The summed E-state index contributed by atoms with van der Waals surface area (Å²) in [7, 11) is 1.61. The molecule has 0 bridgehead atoms. The van der Waals surface area contributed by atoms with E-state index < -0.39 is 5.97 Å². The average Bonchev–Trinajstić information content (AvgIpc) is 2.50. The molecule has 0 N–H and O–H groups in total. The van der Waals surface area contributed by atoms with Crippen LogP contribution in [-0.4, -0.2) is 13.1 Å². The lowest BCUT2D eigenvalue weighted by Crippen LogP contribution is -2.09. The van der Waals surface area contributed by atoms with Crippen LogP contribution in [0.15, 0.2) is 42.5 Å². The second kappa shape index (κ2) is 6.89. The van der Waals surface area contributed by atoms with Crippen molar-refractivity contribution in [3.05, 3.63) is 64.2 Å². The maximum absolute atomic E-state index is 12.0. The van der Waals surface area contributed by atoms with Crippen molar-refractivity contribution in [2.45, 2.75) is 6.61 Å². The normalized spacial score (nSPS) is 9.95. The first-order chi connectivity index (χ1) is 10.1. The van der Waals surface area contributed by atoms with Gasteiger partial charge in [-0.3, -0.25) is 0 Å². The number of methoxy groups -OCH3 is 1. The molecule has 0 saturated carbocycles. The van der Waals surface area contributed by atoms with Crippen molar-refractivity contribution in [2.24, 2.45) is 0 Å². The van der Waals surface area contributed by atoms with Gasteiger partial charge in [0, 0.05) is 7.11 Å². The Morgan fingerprint density at radius 3 is 2.52 bits per heavy atom. The Labute approximate surface area is 127 Å². The number of carbonyl (C=O) groups excluding carboxylic acids is 1. The fourth-order valence-electron chi connectivity index (χ4n) is 1.72. The first-order valence-electron chi connectivity index (χ1n) is 6.13. The summed E-state index contributed by atoms with van der Waals surface area (Å²) in [6, 6.07) is 13.4. The highest BCUT2D eigenvalue weighted by Crippen LogP contribution is 2.26. The monoisotopic (exact) mass is 301 g/mol. The third kappa shape index (κ3) is 3.82. The van der Waals surface area contributed by atoms with E-state index in [0.29, 0.717) is 17.7 Å². The maximum Gasteiger partial charge on any atom is 0.343 e. The van der Waals surface area contributed by atoms with Crippen molar-refractivity contribution in [1.29, 1.82) is 5.26 Å². The Morgan fingerprint density at radius 2 is 1.95 bits per heavy atom. The molecule has 0 spiro atoms. The molecule has 5 heteroatoms. The third-order valence-electron chi connectivity index (χ3n) is 2.76. The van der Waals surface area contributed by atoms with Crippen LogP contribution in [-0.2, 0) is 11.3 Å². The Balaban J connectivity index is 2.12. The van der Waals surface area contributed by atoms with E-state index in [1.54, 1.807) is 31.4 Å². The second-order valence-corrected chi connectivity index (χ2v) is 4.68. The van der Waals surface area contributed by atoms with Gasteiger partial charge < -0.3 is 9.47 Å². The zero-order valence-electron chi connectivity index (χ0n) is 11.3. The predicted octanol–water partition coefficient (Wildman–Crippen LogP) is 3.58. The highest BCUT2D eigenvalue weighted by atomic mass is 35.5. The Bertz CT molecular complexity index is 690. The van der Waals surface area contributed by atoms with Crippen LogP contribution < -0.4 is 4.74 Å². The molecule has 106 valence electrons. The molecular weight excluding hydrogens is 290 g/mol. The molecule has 21 heavy (non-hydrogen) atoms. The predicted molar refractivity (Wildman–Crippen MR) is 78.3 cm³/mol. The molecule has 0 radical (unpaired) electrons. The van der Waals surface area contributed by atoms with Crippen molar-refractivity contribution < 1.29 is 14.3 Å². The Hall–Kier alpha value is -2.35. The summed E-state index contributed by atoms with van der Waals surface area (Å²) in [6.07, 6.45) is 0. The molecular formula is C16H12ClNO3. The van der Waals surface area contributed by atoms with Crippen LogP contribution in [0.5, 0.6) is 5.75 Å². The number of benzene rings is 2. The highest BCUT2D eigenvalue weighted by molar-refractivity contribution is 6.32. The van der Waals surface area contributed by atoms with Crippen LogP contribution in [0, 0.1) is 11.3 Å². The first kappa shape index (κ1) is 15.0. The molecule has 2 aromatic rings. The largest absolute Gasteiger partial charge is 0.421 e. The van der Waals surface area contributed by atoms with E-state index in [2.05, 4.69) is 0 Å². The summed E-state index contributed by atoms with van der Waals surface area (Å²) >= 11 is 5.96. The smallest absolute Gasteiger partial charge is 0.343 e. The molecule has 2 rings (SSSR count). The molecule has 4 nitrogen and oxygen atoms in total. The van der Waals surface area contributed by atoms with Crippen molar-refractivity contribution in [1.82, 2.24) is 0 Å². The Morgan fingerprint density at radius 1 is 1.24 bits per heavy atom. The summed E-state index contributed by atoms with van der Waals surface area (Å²) in [5.74, 6) is -0.285. The number of esters is 1. The topological polar surface area (TPSA) is 59.3 Å². The van der Waals surface area contributed by atoms with Crippen LogP contribution in [0.25, 0.3) is 0 Å². The molecule has 0 aliphatic rings. The van der Waals surface area contributed by atoms with Crippen molar-refractivity contribution >= 4 is 17.6 Å². The minimum absolute atomic E-state index is 0.221. The number of ether oxygens (including phenoxy) is 2. The van der Waals surface area contributed by atoms with Crippen LogP contribution in [0.2, 0.25) is 5.02 Å². The van der Waals surface area contributed by atoms with Gasteiger partial charge in [-0.1, -0.05) is 23.7 Å². The molecule has 2 aromatic carbocycles.